The Labute approximate surface area is 116 Å². The van der Waals surface area contributed by atoms with E-state index in [0.717, 1.165) is 37.4 Å². The van der Waals surface area contributed by atoms with Crippen molar-refractivity contribution in [2.24, 2.45) is 5.92 Å². The predicted octanol–water partition coefficient (Wildman–Crippen LogP) is 1.42. The van der Waals surface area contributed by atoms with Gasteiger partial charge in [0.25, 0.3) is 10.0 Å². The van der Waals surface area contributed by atoms with Gasteiger partial charge >= 0.3 is 0 Å². The van der Waals surface area contributed by atoms with Gasteiger partial charge in [0.1, 0.15) is 0 Å². The Balaban J connectivity index is 1.90. The van der Waals surface area contributed by atoms with Gasteiger partial charge in [-0.25, -0.2) is 18.1 Å². The average molecular weight is 310 g/mol. The average Bonchev–Trinajstić information content (AvgIpc) is 2.95. The Bertz CT molecular complexity index is 503. The van der Waals surface area contributed by atoms with Crippen molar-refractivity contribution in [2.45, 2.75) is 17.6 Å². The highest BCUT2D eigenvalue weighted by molar-refractivity contribution is 7.91. The number of aromatic nitrogens is 1. The molecule has 0 bridgehead atoms. The first-order valence-corrected chi connectivity index (χ1v) is 8.52. The van der Waals surface area contributed by atoms with E-state index < -0.39 is 10.0 Å². The fourth-order valence-corrected chi connectivity index (χ4v) is 4.48. The smallest absolute Gasteiger partial charge is 0.251 e. The van der Waals surface area contributed by atoms with E-state index in [9.17, 15) is 8.42 Å². The second-order valence-electron chi connectivity index (χ2n) is 4.33. The number of halogens is 1. The predicted molar refractivity (Wildman–Crippen MR) is 72.5 cm³/mol. The molecule has 18 heavy (non-hydrogen) atoms. The van der Waals surface area contributed by atoms with Gasteiger partial charge in [-0.15, -0.1) is 0 Å². The van der Waals surface area contributed by atoms with Gasteiger partial charge < -0.3 is 4.90 Å². The quantitative estimate of drug-likeness (QED) is 0.893. The second kappa shape index (κ2) is 5.83. The maximum Gasteiger partial charge on any atom is 0.251 e. The fraction of sp³-hybridized carbons (Fsp3) is 0.700. The molecule has 0 saturated carbocycles. The molecule has 2 heterocycles. The molecule has 1 aromatic heterocycles. The normalized spacial score (nSPS) is 21.6. The Hall–Kier alpha value is -0.210. The molecule has 0 radical (unpaired) electrons. The summed E-state index contributed by atoms with van der Waals surface area (Å²) in [5.41, 5.74) is 0. The number of likely N-dealkylation sites (tertiary alicyclic amines) is 1. The van der Waals surface area contributed by atoms with E-state index in [4.69, 9.17) is 11.6 Å². The summed E-state index contributed by atoms with van der Waals surface area (Å²) in [5, 5.41) is 0. The molecule has 5 nitrogen and oxygen atoms in total. The zero-order valence-electron chi connectivity index (χ0n) is 10.1. The molecule has 1 aliphatic rings. The molecular weight excluding hydrogens is 294 g/mol. The summed E-state index contributed by atoms with van der Waals surface area (Å²) in [4.78, 5) is 6.07. The fourth-order valence-electron chi connectivity index (χ4n) is 2.03. The Morgan fingerprint density at radius 1 is 1.67 bits per heavy atom. The van der Waals surface area contributed by atoms with Gasteiger partial charge in [-0.1, -0.05) is 29.9 Å². The zero-order valence-corrected chi connectivity index (χ0v) is 12.5. The largest absolute Gasteiger partial charge is 0.303 e. The van der Waals surface area contributed by atoms with Crippen LogP contribution in [0.15, 0.2) is 10.4 Å². The first kappa shape index (κ1) is 14.2. The van der Waals surface area contributed by atoms with Gasteiger partial charge in [-0.3, -0.25) is 0 Å². The van der Waals surface area contributed by atoms with E-state index in [1.807, 2.05) is 0 Å². The van der Waals surface area contributed by atoms with Crippen LogP contribution in [0.2, 0.25) is 4.47 Å². The minimum absolute atomic E-state index is 0.179. The van der Waals surface area contributed by atoms with E-state index in [1.54, 1.807) is 0 Å². The van der Waals surface area contributed by atoms with Crippen molar-refractivity contribution in [3.63, 3.8) is 0 Å². The van der Waals surface area contributed by atoms with Crippen molar-refractivity contribution in [3.05, 3.63) is 10.7 Å². The second-order valence-corrected chi connectivity index (χ2v) is 7.94. The highest BCUT2D eigenvalue weighted by Crippen LogP contribution is 2.22. The number of hydrogen-bond donors (Lipinski definition) is 1. The maximum atomic E-state index is 11.9. The lowest BCUT2D eigenvalue weighted by Crippen LogP contribution is -2.30. The molecule has 1 atom stereocenters. The number of nitrogens with one attached hydrogen (secondary N) is 1. The molecular formula is C10H16ClN3O2S2. The molecule has 8 heteroatoms. The van der Waals surface area contributed by atoms with Gasteiger partial charge in [-0.05, 0) is 25.4 Å². The minimum Gasteiger partial charge on any atom is -0.303 e. The van der Waals surface area contributed by atoms with E-state index in [-0.39, 0.29) is 8.68 Å². The van der Waals surface area contributed by atoms with Crippen LogP contribution in [0, 0.1) is 5.92 Å². The standard InChI is InChI=1S/C10H16ClN3O2S2/c1-2-14-4-3-8(7-14)5-13-18(15,16)9-6-12-10(11)17-9/h6,8,13H,2-5,7H2,1H3. The number of sulfonamides is 1. The van der Waals surface area contributed by atoms with E-state index in [1.165, 1.54) is 6.20 Å². The molecule has 1 saturated heterocycles. The minimum atomic E-state index is -3.45. The maximum absolute atomic E-state index is 11.9. The summed E-state index contributed by atoms with van der Waals surface area (Å²) in [6.07, 6.45) is 2.34. The number of nitrogens with zero attached hydrogens (tertiary/aromatic N) is 2. The highest BCUT2D eigenvalue weighted by atomic mass is 35.5. The Morgan fingerprint density at radius 2 is 2.44 bits per heavy atom. The molecule has 1 unspecified atom stereocenters. The lowest BCUT2D eigenvalue weighted by molar-refractivity contribution is 0.342. The molecule has 0 amide bonds. The molecule has 102 valence electrons. The Kier molecular flexibility index (Phi) is 4.60. The van der Waals surface area contributed by atoms with E-state index in [2.05, 4.69) is 21.5 Å². The molecule has 0 aliphatic carbocycles. The van der Waals surface area contributed by atoms with Crippen LogP contribution in [-0.4, -0.2) is 44.5 Å². The van der Waals surface area contributed by atoms with Gasteiger partial charge in [0.2, 0.25) is 0 Å². The summed E-state index contributed by atoms with van der Waals surface area (Å²) < 4.78 is 26.9. The summed E-state index contributed by atoms with van der Waals surface area (Å²) >= 11 is 6.62. The molecule has 1 fully saturated rings. The number of rotatable bonds is 5. The van der Waals surface area contributed by atoms with Crippen LogP contribution < -0.4 is 4.72 Å². The Morgan fingerprint density at radius 3 is 3.00 bits per heavy atom. The third-order valence-electron chi connectivity index (χ3n) is 3.10. The zero-order chi connectivity index (χ0) is 13.2. The van der Waals surface area contributed by atoms with Crippen molar-refractivity contribution in [1.29, 1.82) is 0 Å². The van der Waals surface area contributed by atoms with Crippen LogP contribution in [0.4, 0.5) is 0 Å². The van der Waals surface area contributed by atoms with Crippen molar-refractivity contribution < 1.29 is 8.42 Å². The van der Waals surface area contributed by atoms with Crippen LogP contribution in [-0.2, 0) is 10.0 Å². The van der Waals surface area contributed by atoms with Crippen molar-refractivity contribution in [1.82, 2.24) is 14.6 Å². The van der Waals surface area contributed by atoms with Crippen LogP contribution in [0.3, 0.4) is 0 Å². The number of thiazole rings is 1. The SMILES string of the molecule is CCN1CCC(CNS(=O)(=O)c2cnc(Cl)s2)C1. The third-order valence-corrected chi connectivity index (χ3v) is 6.10. The lowest BCUT2D eigenvalue weighted by atomic mass is 10.1. The van der Waals surface area contributed by atoms with Crippen molar-refractivity contribution >= 4 is 33.0 Å². The summed E-state index contributed by atoms with van der Waals surface area (Å²) in [7, 11) is -3.45. The summed E-state index contributed by atoms with van der Waals surface area (Å²) in [5.74, 6) is 0.392. The van der Waals surface area contributed by atoms with Crippen LogP contribution >= 0.6 is 22.9 Å². The highest BCUT2D eigenvalue weighted by Gasteiger charge is 2.24. The van der Waals surface area contributed by atoms with Gasteiger partial charge in [0.15, 0.2) is 8.68 Å². The first-order chi connectivity index (χ1) is 8.51. The van der Waals surface area contributed by atoms with Gasteiger partial charge in [0, 0.05) is 13.1 Å². The molecule has 0 spiro atoms. The molecule has 1 aromatic rings. The first-order valence-electron chi connectivity index (χ1n) is 5.84. The third kappa shape index (κ3) is 3.42. The molecule has 1 aliphatic heterocycles. The summed E-state index contributed by atoms with van der Waals surface area (Å²) in [6.45, 7) is 5.63. The lowest BCUT2D eigenvalue weighted by Gasteiger charge is -2.13. The molecule has 0 aromatic carbocycles. The molecule has 2 rings (SSSR count). The topological polar surface area (TPSA) is 62.3 Å². The van der Waals surface area contributed by atoms with Crippen molar-refractivity contribution in [3.8, 4) is 0 Å². The van der Waals surface area contributed by atoms with Crippen LogP contribution in [0.1, 0.15) is 13.3 Å². The van der Waals surface area contributed by atoms with Gasteiger partial charge in [-0.2, -0.15) is 0 Å². The van der Waals surface area contributed by atoms with Crippen LogP contribution in [0.5, 0.6) is 0 Å². The van der Waals surface area contributed by atoms with E-state index >= 15 is 0 Å². The molecule has 1 N–H and O–H groups in total. The summed E-state index contributed by atoms with van der Waals surface area (Å²) in [6, 6.07) is 0. The van der Waals surface area contributed by atoms with Crippen molar-refractivity contribution in [2.75, 3.05) is 26.2 Å². The van der Waals surface area contributed by atoms with Crippen LogP contribution in [0.25, 0.3) is 0 Å². The van der Waals surface area contributed by atoms with Gasteiger partial charge in [0.05, 0.1) is 6.20 Å². The van der Waals surface area contributed by atoms with E-state index in [0.29, 0.717) is 12.5 Å². The monoisotopic (exact) mass is 309 g/mol. The number of hydrogen-bond acceptors (Lipinski definition) is 5.